The summed E-state index contributed by atoms with van der Waals surface area (Å²) in [6.45, 7) is 3.55. The smallest absolute Gasteiger partial charge is 0.318 e. The lowest BCUT2D eigenvalue weighted by molar-refractivity contribution is -0.163. The Morgan fingerprint density at radius 1 is 1.38 bits per heavy atom. The molecule has 1 aromatic rings. The third-order valence-electron chi connectivity index (χ3n) is 3.62. The first-order valence-corrected chi connectivity index (χ1v) is 7.87. The van der Waals surface area contributed by atoms with E-state index < -0.39 is 29.9 Å². The Kier molecular flexibility index (Phi) is 5.66. The van der Waals surface area contributed by atoms with Gasteiger partial charge in [-0.15, -0.1) is 0 Å². The normalized spacial score (nSPS) is 17.4. The molecule has 3 N–H and O–H groups in total. The fourth-order valence-corrected chi connectivity index (χ4v) is 2.62. The van der Waals surface area contributed by atoms with Crippen molar-refractivity contribution < 1.29 is 23.9 Å². The molecular formula is C16H19ClN2O5. The molecule has 0 saturated heterocycles. The number of nitrogens with two attached hydrogens (primary N) is 1. The molecule has 0 bridgehead atoms. The van der Waals surface area contributed by atoms with Crippen molar-refractivity contribution in [3.05, 3.63) is 28.8 Å². The molecule has 0 fully saturated rings. The highest BCUT2D eigenvalue weighted by Gasteiger charge is 2.33. The Labute approximate surface area is 144 Å². The van der Waals surface area contributed by atoms with E-state index in [0.29, 0.717) is 17.2 Å². The topological polar surface area (TPSA) is 108 Å². The second-order valence-corrected chi connectivity index (χ2v) is 6.36. The third-order valence-corrected chi connectivity index (χ3v) is 3.85. The first-order chi connectivity index (χ1) is 11.3. The van der Waals surface area contributed by atoms with Crippen LogP contribution in [0.15, 0.2) is 18.2 Å². The summed E-state index contributed by atoms with van der Waals surface area (Å²) < 4.78 is 10.8. The van der Waals surface area contributed by atoms with Crippen molar-refractivity contribution in [3.63, 3.8) is 0 Å². The number of nitrogens with one attached hydrogen (secondary N) is 1. The fourth-order valence-electron chi connectivity index (χ4n) is 2.42. The van der Waals surface area contributed by atoms with Gasteiger partial charge in [-0.1, -0.05) is 25.4 Å². The number of carbonyl (C=O) groups excluding carboxylic acids is 3. The van der Waals surface area contributed by atoms with Crippen LogP contribution in [0.2, 0.25) is 5.02 Å². The second kappa shape index (κ2) is 7.53. The van der Waals surface area contributed by atoms with E-state index >= 15 is 0 Å². The lowest BCUT2D eigenvalue weighted by atomic mass is 9.96. The Balaban J connectivity index is 2.05. The molecule has 1 heterocycles. The van der Waals surface area contributed by atoms with E-state index in [2.05, 4.69) is 0 Å². The van der Waals surface area contributed by atoms with Gasteiger partial charge in [-0.3, -0.25) is 14.9 Å². The van der Waals surface area contributed by atoms with Gasteiger partial charge >= 0.3 is 12.0 Å². The number of primary amides is 1. The number of hydrogen-bond donors (Lipinski definition) is 2. The van der Waals surface area contributed by atoms with Crippen LogP contribution in [0.5, 0.6) is 5.75 Å². The molecule has 0 unspecified atom stereocenters. The number of hydrogen-bond acceptors (Lipinski definition) is 5. The number of carbonyl (C=O) groups is 3. The summed E-state index contributed by atoms with van der Waals surface area (Å²) in [5.74, 6) is -1.52. The number of amides is 3. The van der Waals surface area contributed by atoms with Crippen LogP contribution in [-0.2, 0) is 20.7 Å². The molecule has 0 radical (unpaired) electrons. The standard InChI is InChI=1S/C16H19ClN2O5/c1-8(2)13(14(20)19-16(18)22)24-15(21)10-5-9-6-11(17)3-4-12(9)23-7-10/h3-4,6,8,10,13H,5,7H2,1-2H3,(H3,18,19,20,22)/t10-,13-/m1/s1. The van der Waals surface area contributed by atoms with Crippen molar-refractivity contribution in [2.45, 2.75) is 26.4 Å². The second-order valence-electron chi connectivity index (χ2n) is 5.92. The zero-order valence-corrected chi connectivity index (χ0v) is 14.1. The zero-order valence-electron chi connectivity index (χ0n) is 13.4. The van der Waals surface area contributed by atoms with Gasteiger partial charge in [0, 0.05) is 5.02 Å². The molecule has 130 valence electrons. The Morgan fingerprint density at radius 3 is 2.71 bits per heavy atom. The van der Waals surface area contributed by atoms with Gasteiger partial charge in [0.2, 0.25) is 0 Å². The minimum Gasteiger partial charge on any atom is -0.492 e. The van der Waals surface area contributed by atoms with Crippen molar-refractivity contribution in [3.8, 4) is 5.75 Å². The van der Waals surface area contributed by atoms with Crippen molar-refractivity contribution >= 4 is 29.5 Å². The number of esters is 1. The van der Waals surface area contributed by atoms with Crippen molar-refractivity contribution in [2.24, 2.45) is 17.6 Å². The Bertz CT molecular complexity index is 662. The molecule has 1 aromatic carbocycles. The third kappa shape index (κ3) is 4.38. The van der Waals surface area contributed by atoms with Crippen LogP contribution in [0.4, 0.5) is 4.79 Å². The number of imide groups is 1. The molecular weight excluding hydrogens is 336 g/mol. The maximum absolute atomic E-state index is 12.4. The molecule has 1 aliphatic rings. The molecule has 0 saturated carbocycles. The summed E-state index contributed by atoms with van der Waals surface area (Å²) in [6, 6.07) is 4.19. The summed E-state index contributed by atoms with van der Waals surface area (Å²) in [6.07, 6.45) is -0.706. The van der Waals surface area contributed by atoms with E-state index in [0.717, 1.165) is 5.56 Å². The van der Waals surface area contributed by atoms with Crippen LogP contribution in [0.1, 0.15) is 19.4 Å². The molecule has 0 aromatic heterocycles. The number of rotatable bonds is 4. The monoisotopic (exact) mass is 354 g/mol. The minimum atomic E-state index is -1.11. The quantitative estimate of drug-likeness (QED) is 0.799. The van der Waals surface area contributed by atoms with E-state index in [9.17, 15) is 14.4 Å². The zero-order chi connectivity index (χ0) is 17.9. The summed E-state index contributed by atoms with van der Waals surface area (Å²) >= 11 is 5.95. The average Bonchev–Trinajstić information content (AvgIpc) is 2.50. The van der Waals surface area contributed by atoms with E-state index in [1.807, 2.05) is 5.32 Å². The molecule has 0 spiro atoms. The number of fused-ring (bicyclic) bond motifs is 1. The highest BCUT2D eigenvalue weighted by Crippen LogP contribution is 2.30. The number of urea groups is 1. The molecule has 2 rings (SSSR count). The number of halogens is 1. The fraction of sp³-hybridized carbons (Fsp3) is 0.438. The highest BCUT2D eigenvalue weighted by molar-refractivity contribution is 6.30. The molecule has 24 heavy (non-hydrogen) atoms. The first kappa shape index (κ1) is 18.1. The average molecular weight is 355 g/mol. The van der Waals surface area contributed by atoms with Crippen LogP contribution >= 0.6 is 11.6 Å². The lowest BCUT2D eigenvalue weighted by Gasteiger charge is -2.27. The molecule has 0 aliphatic carbocycles. The Morgan fingerprint density at radius 2 is 2.08 bits per heavy atom. The number of ether oxygens (including phenoxy) is 2. The van der Waals surface area contributed by atoms with Gasteiger partial charge in [-0.2, -0.15) is 0 Å². The predicted octanol–water partition coefficient (Wildman–Crippen LogP) is 1.65. The summed E-state index contributed by atoms with van der Waals surface area (Å²) in [4.78, 5) is 35.1. The van der Waals surface area contributed by atoms with Crippen molar-refractivity contribution in [1.29, 1.82) is 0 Å². The van der Waals surface area contributed by atoms with Crippen LogP contribution in [-0.4, -0.2) is 30.6 Å². The van der Waals surface area contributed by atoms with Gasteiger partial charge in [-0.05, 0) is 36.1 Å². The van der Waals surface area contributed by atoms with Crippen LogP contribution in [0.25, 0.3) is 0 Å². The number of benzene rings is 1. The first-order valence-electron chi connectivity index (χ1n) is 7.50. The summed E-state index contributed by atoms with van der Waals surface area (Å²) in [5, 5.41) is 2.48. The van der Waals surface area contributed by atoms with Crippen LogP contribution in [0.3, 0.4) is 0 Å². The molecule has 1 aliphatic heterocycles. The lowest BCUT2D eigenvalue weighted by Crippen LogP contribution is -2.46. The minimum absolute atomic E-state index is 0.149. The van der Waals surface area contributed by atoms with E-state index in [-0.39, 0.29) is 12.5 Å². The van der Waals surface area contributed by atoms with Crippen LogP contribution < -0.4 is 15.8 Å². The molecule has 2 atom stereocenters. The van der Waals surface area contributed by atoms with Crippen LogP contribution in [0, 0.1) is 11.8 Å². The maximum Gasteiger partial charge on any atom is 0.318 e. The highest BCUT2D eigenvalue weighted by atomic mass is 35.5. The van der Waals surface area contributed by atoms with Gasteiger partial charge in [-0.25, -0.2) is 4.79 Å². The van der Waals surface area contributed by atoms with E-state index in [4.69, 9.17) is 26.8 Å². The van der Waals surface area contributed by atoms with Crippen molar-refractivity contribution in [1.82, 2.24) is 5.32 Å². The van der Waals surface area contributed by atoms with Gasteiger partial charge in [0.25, 0.3) is 5.91 Å². The van der Waals surface area contributed by atoms with Gasteiger partial charge in [0.05, 0.1) is 5.92 Å². The molecule has 8 heteroatoms. The maximum atomic E-state index is 12.4. The molecule has 3 amide bonds. The van der Waals surface area contributed by atoms with Gasteiger partial charge in [0.1, 0.15) is 12.4 Å². The largest absolute Gasteiger partial charge is 0.492 e. The summed E-state index contributed by atoms with van der Waals surface area (Å²) in [7, 11) is 0. The van der Waals surface area contributed by atoms with Gasteiger partial charge in [0.15, 0.2) is 6.10 Å². The SMILES string of the molecule is CC(C)[C@@H](OC(=O)[C@H]1COc2ccc(Cl)cc2C1)C(=O)NC(N)=O. The summed E-state index contributed by atoms with van der Waals surface area (Å²) in [5.41, 5.74) is 5.73. The van der Waals surface area contributed by atoms with E-state index in [1.54, 1.807) is 32.0 Å². The molecule has 7 nitrogen and oxygen atoms in total. The van der Waals surface area contributed by atoms with Crippen molar-refractivity contribution in [2.75, 3.05) is 6.61 Å². The van der Waals surface area contributed by atoms with Gasteiger partial charge < -0.3 is 15.2 Å². The Hall–Kier alpha value is -2.28. The predicted molar refractivity (Wildman–Crippen MR) is 86.6 cm³/mol. The van der Waals surface area contributed by atoms with E-state index in [1.165, 1.54) is 0 Å².